The molecule has 2 rings (SSSR count). The van der Waals surface area contributed by atoms with Crippen molar-refractivity contribution < 1.29 is 19.4 Å². The number of aromatic carboxylic acids is 1. The summed E-state index contributed by atoms with van der Waals surface area (Å²) in [5.41, 5.74) is 1.09. The van der Waals surface area contributed by atoms with Crippen LogP contribution in [0.4, 0.5) is 4.79 Å². The first-order chi connectivity index (χ1) is 10.1. The second-order valence-electron chi connectivity index (χ2n) is 5.15. The van der Waals surface area contributed by atoms with E-state index < -0.39 is 5.97 Å². The number of carboxylic acid groups (broad SMARTS) is 1. The molecule has 0 bridgehead atoms. The Kier molecular flexibility index (Phi) is 5.57. The third kappa shape index (κ3) is 5.07. The Bertz CT molecular complexity index is 481. The van der Waals surface area contributed by atoms with Gasteiger partial charge in [0.2, 0.25) is 0 Å². The van der Waals surface area contributed by atoms with Crippen LogP contribution >= 0.6 is 0 Å². The molecular weight excluding hydrogens is 272 g/mol. The van der Waals surface area contributed by atoms with Gasteiger partial charge in [0.05, 0.1) is 12.2 Å². The molecule has 114 valence electrons. The van der Waals surface area contributed by atoms with E-state index in [1.54, 1.807) is 12.1 Å². The number of amides is 2. The summed E-state index contributed by atoms with van der Waals surface area (Å²) in [7, 11) is 0. The maximum absolute atomic E-state index is 11.7. The van der Waals surface area contributed by atoms with Crippen LogP contribution in [0.15, 0.2) is 24.3 Å². The van der Waals surface area contributed by atoms with Gasteiger partial charge in [-0.15, -0.1) is 0 Å². The van der Waals surface area contributed by atoms with E-state index in [9.17, 15) is 9.59 Å². The normalized spacial score (nSPS) is 18.0. The van der Waals surface area contributed by atoms with E-state index in [4.69, 9.17) is 9.84 Å². The minimum Gasteiger partial charge on any atom is -0.478 e. The van der Waals surface area contributed by atoms with E-state index in [-0.39, 0.29) is 11.6 Å². The molecule has 6 heteroatoms. The van der Waals surface area contributed by atoms with Gasteiger partial charge in [0.25, 0.3) is 0 Å². The summed E-state index contributed by atoms with van der Waals surface area (Å²) in [6.45, 7) is 2.50. The zero-order valence-corrected chi connectivity index (χ0v) is 11.8. The highest BCUT2D eigenvalue weighted by Crippen LogP contribution is 2.12. The fourth-order valence-corrected chi connectivity index (χ4v) is 2.22. The van der Waals surface area contributed by atoms with Gasteiger partial charge in [-0.25, -0.2) is 9.59 Å². The largest absolute Gasteiger partial charge is 0.478 e. The molecule has 1 aromatic carbocycles. The lowest BCUT2D eigenvalue weighted by molar-refractivity contribution is 0.0557. The van der Waals surface area contributed by atoms with Crippen molar-refractivity contribution >= 4 is 12.0 Å². The summed E-state index contributed by atoms with van der Waals surface area (Å²) in [4.78, 5) is 22.4. The van der Waals surface area contributed by atoms with Crippen molar-refractivity contribution in [1.29, 1.82) is 0 Å². The van der Waals surface area contributed by atoms with E-state index in [0.717, 1.165) is 25.0 Å². The molecule has 1 unspecified atom stereocenters. The molecule has 1 aliphatic rings. The summed E-state index contributed by atoms with van der Waals surface area (Å²) < 4.78 is 5.35. The Labute approximate surface area is 123 Å². The van der Waals surface area contributed by atoms with Crippen LogP contribution in [-0.2, 0) is 11.3 Å². The summed E-state index contributed by atoms with van der Waals surface area (Å²) in [6.07, 6.45) is 2.13. The Balaban J connectivity index is 1.69. The predicted molar refractivity (Wildman–Crippen MR) is 77.2 cm³/mol. The summed E-state index contributed by atoms with van der Waals surface area (Å²) >= 11 is 0. The highest BCUT2D eigenvalue weighted by Gasteiger charge is 2.14. The predicted octanol–water partition coefficient (Wildman–Crippen LogP) is 1.61. The van der Waals surface area contributed by atoms with E-state index in [2.05, 4.69) is 10.6 Å². The first-order valence-corrected chi connectivity index (χ1v) is 7.07. The average molecular weight is 292 g/mol. The van der Waals surface area contributed by atoms with E-state index in [1.807, 2.05) is 0 Å². The van der Waals surface area contributed by atoms with Crippen LogP contribution in [0.25, 0.3) is 0 Å². The number of hydrogen-bond acceptors (Lipinski definition) is 3. The molecule has 6 nitrogen and oxygen atoms in total. The second-order valence-corrected chi connectivity index (χ2v) is 5.15. The van der Waals surface area contributed by atoms with Crippen molar-refractivity contribution in [3.05, 3.63) is 35.4 Å². The molecule has 1 aromatic rings. The highest BCUT2D eigenvalue weighted by atomic mass is 16.5. The van der Waals surface area contributed by atoms with Gasteiger partial charge in [0.1, 0.15) is 0 Å². The first kappa shape index (κ1) is 15.3. The van der Waals surface area contributed by atoms with Gasteiger partial charge >= 0.3 is 12.0 Å². The quantitative estimate of drug-likeness (QED) is 0.769. The number of rotatable bonds is 5. The second kappa shape index (κ2) is 7.64. The molecule has 1 aliphatic heterocycles. The first-order valence-electron chi connectivity index (χ1n) is 7.07. The van der Waals surface area contributed by atoms with Crippen LogP contribution in [0, 0.1) is 5.92 Å². The van der Waals surface area contributed by atoms with Gasteiger partial charge < -0.3 is 20.5 Å². The number of carbonyl (C=O) groups excluding carboxylic acids is 1. The number of urea groups is 1. The Morgan fingerprint density at radius 2 is 2.00 bits per heavy atom. The molecule has 1 fully saturated rings. The van der Waals surface area contributed by atoms with Crippen LogP contribution in [-0.4, -0.2) is 36.9 Å². The molecule has 0 aliphatic carbocycles. The lowest BCUT2D eigenvalue weighted by Gasteiger charge is -2.22. The van der Waals surface area contributed by atoms with Crippen molar-refractivity contribution in [3.63, 3.8) is 0 Å². The molecule has 1 saturated heterocycles. The molecule has 0 radical (unpaired) electrons. The lowest BCUT2D eigenvalue weighted by atomic mass is 10.0. The lowest BCUT2D eigenvalue weighted by Crippen LogP contribution is -2.39. The highest BCUT2D eigenvalue weighted by molar-refractivity contribution is 5.87. The van der Waals surface area contributed by atoms with Crippen LogP contribution in [0.2, 0.25) is 0 Å². The van der Waals surface area contributed by atoms with E-state index in [1.165, 1.54) is 12.1 Å². The number of benzene rings is 1. The van der Waals surface area contributed by atoms with Gasteiger partial charge in [-0.2, -0.15) is 0 Å². The fourth-order valence-electron chi connectivity index (χ4n) is 2.22. The van der Waals surface area contributed by atoms with E-state index >= 15 is 0 Å². The summed E-state index contributed by atoms with van der Waals surface area (Å²) in [6, 6.07) is 6.22. The molecular formula is C15H20N2O4. The average Bonchev–Trinajstić information content (AvgIpc) is 2.52. The topological polar surface area (TPSA) is 87.7 Å². The van der Waals surface area contributed by atoms with E-state index in [0.29, 0.717) is 25.6 Å². The third-order valence-corrected chi connectivity index (χ3v) is 3.46. The minimum atomic E-state index is -0.957. The molecule has 2 amide bonds. The number of nitrogens with one attached hydrogen (secondary N) is 2. The molecule has 21 heavy (non-hydrogen) atoms. The zero-order valence-electron chi connectivity index (χ0n) is 11.8. The molecule has 0 spiro atoms. The smallest absolute Gasteiger partial charge is 0.335 e. The van der Waals surface area contributed by atoms with Crippen molar-refractivity contribution in [2.24, 2.45) is 5.92 Å². The van der Waals surface area contributed by atoms with Crippen LogP contribution in [0.3, 0.4) is 0 Å². The summed E-state index contributed by atoms with van der Waals surface area (Å²) in [5.74, 6) is -0.568. The number of carbonyl (C=O) groups is 2. The van der Waals surface area contributed by atoms with Crippen molar-refractivity contribution in [3.8, 4) is 0 Å². The minimum absolute atomic E-state index is 0.220. The number of hydrogen-bond donors (Lipinski definition) is 3. The van der Waals surface area contributed by atoms with Gasteiger partial charge in [-0.3, -0.25) is 0 Å². The monoisotopic (exact) mass is 292 g/mol. The number of carboxylic acids is 1. The van der Waals surface area contributed by atoms with Crippen molar-refractivity contribution in [2.75, 3.05) is 19.8 Å². The number of ether oxygens (including phenoxy) is 1. The van der Waals surface area contributed by atoms with Gasteiger partial charge in [-0.1, -0.05) is 12.1 Å². The van der Waals surface area contributed by atoms with Crippen LogP contribution < -0.4 is 10.6 Å². The zero-order chi connectivity index (χ0) is 15.1. The SMILES string of the molecule is O=C(NCc1ccc(C(=O)O)cc1)NCC1CCCOC1. The molecule has 0 aromatic heterocycles. The van der Waals surface area contributed by atoms with Crippen molar-refractivity contribution in [1.82, 2.24) is 10.6 Å². The Morgan fingerprint density at radius 3 is 2.62 bits per heavy atom. The van der Waals surface area contributed by atoms with Gasteiger partial charge in [0.15, 0.2) is 0 Å². The van der Waals surface area contributed by atoms with Crippen LogP contribution in [0.5, 0.6) is 0 Å². The maximum atomic E-state index is 11.7. The van der Waals surface area contributed by atoms with Crippen molar-refractivity contribution in [2.45, 2.75) is 19.4 Å². The molecule has 1 atom stereocenters. The summed E-state index contributed by atoms with van der Waals surface area (Å²) in [5, 5.41) is 14.4. The molecule has 0 saturated carbocycles. The Hall–Kier alpha value is -2.08. The Morgan fingerprint density at radius 1 is 1.24 bits per heavy atom. The third-order valence-electron chi connectivity index (χ3n) is 3.46. The van der Waals surface area contributed by atoms with Gasteiger partial charge in [-0.05, 0) is 36.5 Å². The van der Waals surface area contributed by atoms with Crippen LogP contribution in [0.1, 0.15) is 28.8 Å². The molecule has 1 heterocycles. The molecule has 3 N–H and O–H groups in total. The standard InChI is InChI=1S/C15H20N2O4/c18-14(19)13-5-3-11(4-6-13)8-16-15(20)17-9-12-2-1-7-21-10-12/h3-6,12H,1-2,7-10H2,(H,18,19)(H2,16,17,20). The fraction of sp³-hybridized carbons (Fsp3) is 0.467. The van der Waals surface area contributed by atoms with Gasteiger partial charge in [0, 0.05) is 19.7 Å². The maximum Gasteiger partial charge on any atom is 0.335 e.